The van der Waals surface area contributed by atoms with E-state index < -0.39 is 0 Å². The molecule has 1 N–H and O–H groups in total. The minimum atomic E-state index is 0.149. The number of hydrogen-bond acceptors (Lipinski definition) is 5. The van der Waals surface area contributed by atoms with Crippen LogP contribution in [-0.2, 0) is 6.61 Å². The van der Waals surface area contributed by atoms with Crippen molar-refractivity contribution < 1.29 is 14.4 Å². The van der Waals surface area contributed by atoms with Crippen LogP contribution in [0.5, 0.6) is 11.5 Å². The van der Waals surface area contributed by atoms with Crippen molar-refractivity contribution >= 4 is 11.6 Å². The molecule has 0 amide bonds. The zero-order valence-corrected chi connectivity index (χ0v) is 11.6. The van der Waals surface area contributed by atoms with Crippen molar-refractivity contribution in [1.82, 2.24) is 10.1 Å². The van der Waals surface area contributed by atoms with Gasteiger partial charge in [0.05, 0.1) is 0 Å². The molecule has 2 aromatic carbocycles. The molecule has 3 aromatic rings. The molecule has 1 heterocycles. The van der Waals surface area contributed by atoms with Gasteiger partial charge in [-0.25, -0.2) is 0 Å². The van der Waals surface area contributed by atoms with E-state index in [9.17, 15) is 5.11 Å². The Morgan fingerprint density at radius 3 is 2.71 bits per heavy atom. The van der Waals surface area contributed by atoms with Crippen molar-refractivity contribution in [1.29, 1.82) is 0 Å². The van der Waals surface area contributed by atoms with Crippen molar-refractivity contribution in [3.05, 3.63) is 59.4 Å². The zero-order chi connectivity index (χ0) is 14.7. The summed E-state index contributed by atoms with van der Waals surface area (Å²) in [6.45, 7) is 0.160. The van der Waals surface area contributed by atoms with Gasteiger partial charge in [-0.1, -0.05) is 28.9 Å². The summed E-state index contributed by atoms with van der Waals surface area (Å²) in [7, 11) is 0. The summed E-state index contributed by atoms with van der Waals surface area (Å²) in [5.41, 5.74) is 0.677. The summed E-state index contributed by atoms with van der Waals surface area (Å²) in [6.07, 6.45) is 0. The Morgan fingerprint density at radius 1 is 1.14 bits per heavy atom. The lowest BCUT2D eigenvalue weighted by Gasteiger charge is -2.02. The van der Waals surface area contributed by atoms with E-state index in [-0.39, 0.29) is 12.4 Å². The second-order valence-electron chi connectivity index (χ2n) is 4.30. The summed E-state index contributed by atoms with van der Waals surface area (Å²) in [4.78, 5) is 4.21. The number of benzene rings is 2. The standard InChI is InChI=1S/C15H11ClN2O3/c16-11-4-6-13(7-5-11)20-9-14-17-15(18-21-14)10-2-1-3-12(19)8-10/h1-8,19H,9H2. The van der Waals surface area contributed by atoms with Crippen molar-refractivity contribution in [2.75, 3.05) is 0 Å². The fraction of sp³-hybridized carbons (Fsp3) is 0.0667. The van der Waals surface area contributed by atoms with Crippen LogP contribution in [0, 0.1) is 0 Å². The van der Waals surface area contributed by atoms with Crippen LogP contribution in [-0.4, -0.2) is 15.2 Å². The van der Waals surface area contributed by atoms with Gasteiger partial charge < -0.3 is 14.4 Å². The molecule has 0 spiro atoms. The molecule has 106 valence electrons. The Hall–Kier alpha value is -2.53. The van der Waals surface area contributed by atoms with E-state index in [1.165, 1.54) is 0 Å². The van der Waals surface area contributed by atoms with Crippen LogP contribution in [0.3, 0.4) is 0 Å². The number of halogens is 1. The molecule has 5 nitrogen and oxygen atoms in total. The minimum Gasteiger partial charge on any atom is -0.508 e. The van der Waals surface area contributed by atoms with Crippen molar-refractivity contribution in [3.8, 4) is 22.9 Å². The highest BCUT2D eigenvalue weighted by Crippen LogP contribution is 2.21. The maximum absolute atomic E-state index is 9.43. The van der Waals surface area contributed by atoms with Crippen LogP contribution < -0.4 is 4.74 Å². The van der Waals surface area contributed by atoms with E-state index in [0.717, 1.165) is 0 Å². The molecule has 0 aliphatic rings. The summed E-state index contributed by atoms with van der Waals surface area (Å²) in [6, 6.07) is 13.6. The lowest BCUT2D eigenvalue weighted by molar-refractivity contribution is 0.243. The second kappa shape index (κ2) is 5.85. The highest BCUT2D eigenvalue weighted by Gasteiger charge is 2.09. The molecule has 0 aliphatic carbocycles. The zero-order valence-electron chi connectivity index (χ0n) is 10.9. The minimum absolute atomic E-state index is 0.149. The number of rotatable bonds is 4. The van der Waals surface area contributed by atoms with E-state index in [2.05, 4.69) is 10.1 Å². The molecule has 0 unspecified atom stereocenters. The third kappa shape index (κ3) is 3.32. The first-order valence-electron chi connectivity index (χ1n) is 6.21. The Balaban J connectivity index is 1.69. The molecule has 21 heavy (non-hydrogen) atoms. The van der Waals surface area contributed by atoms with Gasteiger partial charge in [-0.3, -0.25) is 0 Å². The Kier molecular flexibility index (Phi) is 3.75. The average Bonchev–Trinajstić information content (AvgIpc) is 2.96. The van der Waals surface area contributed by atoms with E-state index in [1.807, 2.05) is 0 Å². The normalized spacial score (nSPS) is 10.5. The first kappa shape index (κ1) is 13.5. The Morgan fingerprint density at radius 2 is 1.95 bits per heavy atom. The fourth-order valence-corrected chi connectivity index (χ4v) is 1.88. The van der Waals surface area contributed by atoms with Crippen LogP contribution in [0.2, 0.25) is 5.02 Å². The van der Waals surface area contributed by atoms with Gasteiger partial charge in [0.15, 0.2) is 6.61 Å². The smallest absolute Gasteiger partial charge is 0.264 e. The Labute approximate surface area is 125 Å². The highest BCUT2D eigenvalue weighted by atomic mass is 35.5. The van der Waals surface area contributed by atoms with Gasteiger partial charge in [-0.05, 0) is 36.4 Å². The molecule has 0 fully saturated rings. The third-order valence-corrected chi connectivity index (χ3v) is 3.00. The molecule has 0 atom stereocenters. The van der Waals surface area contributed by atoms with E-state index in [0.29, 0.717) is 28.1 Å². The van der Waals surface area contributed by atoms with Crippen LogP contribution in [0.25, 0.3) is 11.4 Å². The SMILES string of the molecule is Oc1cccc(-c2noc(COc3ccc(Cl)cc3)n2)c1. The summed E-state index contributed by atoms with van der Waals surface area (Å²) >= 11 is 5.80. The molecular formula is C15H11ClN2O3. The van der Waals surface area contributed by atoms with Gasteiger partial charge >= 0.3 is 0 Å². The van der Waals surface area contributed by atoms with E-state index in [1.54, 1.807) is 48.5 Å². The lowest BCUT2D eigenvalue weighted by Crippen LogP contribution is -1.95. The third-order valence-electron chi connectivity index (χ3n) is 2.75. The second-order valence-corrected chi connectivity index (χ2v) is 4.74. The van der Waals surface area contributed by atoms with Crippen molar-refractivity contribution in [2.24, 2.45) is 0 Å². The number of aromatic nitrogens is 2. The molecular weight excluding hydrogens is 292 g/mol. The largest absolute Gasteiger partial charge is 0.508 e. The first-order valence-corrected chi connectivity index (χ1v) is 6.59. The molecule has 0 aliphatic heterocycles. The molecule has 0 saturated heterocycles. The first-order chi connectivity index (χ1) is 10.2. The van der Waals surface area contributed by atoms with Crippen LogP contribution in [0.15, 0.2) is 53.1 Å². The Bertz CT molecular complexity index is 741. The van der Waals surface area contributed by atoms with Gasteiger partial charge in [0, 0.05) is 10.6 Å². The number of hydrogen-bond donors (Lipinski definition) is 1. The summed E-state index contributed by atoms with van der Waals surface area (Å²) in [5, 5.41) is 13.9. The topological polar surface area (TPSA) is 68.4 Å². The van der Waals surface area contributed by atoms with Crippen LogP contribution in [0.4, 0.5) is 0 Å². The molecule has 1 aromatic heterocycles. The van der Waals surface area contributed by atoms with Crippen molar-refractivity contribution in [3.63, 3.8) is 0 Å². The van der Waals surface area contributed by atoms with Gasteiger partial charge in [0.1, 0.15) is 11.5 Å². The molecule has 0 bridgehead atoms. The van der Waals surface area contributed by atoms with Crippen molar-refractivity contribution in [2.45, 2.75) is 6.61 Å². The van der Waals surface area contributed by atoms with Gasteiger partial charge in [-0.15, -0.1) is 0 Å². The van der Waals surface area contributed by atoms with E-state index >= 15 is 0 Å². The monoisotopic (exact) mass is 302 g/mol. The number of phenolic OH excluding ortho intramolecular Hbond substituents is 1. The maximum atomic E-state index is 9.43. The number of aromatic hydroxyl groups is 1. The summed E-state index contributed by atoms with van der Waals surface area (Å²) in [5.74, 6) is 1.57. The predicted octanol–water partition coefficient (Wildman–Crippen LogP) is 3.67. The molecule has 0 saturated carbocycles. The van der Waals surface area contributed by atoms with E-state index in [4.69, 9.17) is 20.9 Å². The number of nitrogens with zero attached hydrogens (tertiary/aromatic N) is 2. The fourth-order valence-electron chi connectivity index (χ4n) is 1.75. The number of ether oxygens (including phenoxy) is 1. The molecule has 0 radical (unpaired) electrons. The summed E-state index contributed by atoms with van der Waals surface area (Å²) < 4.78 is 10.6. The van der Waals surface area contributed by atoms with Gasteiger partial charge in [0.2, 0.25) is 5.82 Å². The average molecular weight is 303 g/mol. The predicted molar refractivity (Wildman–Crippen MR) is 77.2 cm³/mol. The van der Waals surface area contributed by atoms with Crippen LogP contribution >= 0.6 is 11.6 Å². The van der Waals surface area contributed by atoms with Crippen LogP contribution in [0.1, 0.15) is 5.89 Å². The van der Waals surface area contributed by atoms with Gasteiger partial charge in [-0.2, -0.15) is 4.98 Å². The maximum Gasteiger partial charge on any atom is 0.264 e. The highest BCUT2D eigenvalue weighted by molar-refractivity contribution is 6.30. The number of phenols is 1. The lowest BCUT2D eigenvalue weighted by atomic mass is 10.2. The molecule has 3 rings (SSSR count). The van der Waals surface area contributed by atoms with Gasteiger partial charge in [0.25, 0.3) is 5.89 Å². The quantitative estimate of drug-likeness (QED) is 0.796. The molecule has 6 heteroatoms.